The van der Waals surface area contributed by atoms with Crippen molar-refractivity contribution >= 4 is 17.7 Å². The summed E-state index contributed by atoms with van der Waals surface area (Å²) in [5.41, 5.74) is 1.64. The van der Waals surface area contributed by atoms with Crippen molar-refractivity contribution < 1.29 is 14.7 Å². The van der Waals surface area contributed by atoms with Crippen molar-refractivity contribution in [1.82, 2.24) is 9.88 Å². The molecule has 1 fully saturated rings. The van der Waals surface area contributed by atoms with E-state index in [1.165, 1.54) is 0 Å². The van der Waals surface area contributed by atoms with E-state index in [0.29, 0.717) is 18.8 Å². The van der Waals surface area contributed by atoms with E-state index in [-0.39, 0.29) is 18.4 Å². The van der Waals surface area contributed by atoms with Gasteiger partial charge in [-0.1, -0.05) is 0 Å². The van der Waals surface area contributed by atoms with E-state index in [4.69, 9.17) is 5.11 Å². The Bertz CT molecular complexity index is 490. The van der Waals surface area contributed by atoms with Crippen LogP contribution in [0.15, 0.2) is 18.5 Å². The normalized spacial score (nSPS) is 18.4. The minimum absolute atomic E-state index is 0.0539. The average Bonchev–Trinajstić information content (AvgIpc) is 2.79. The molecule has 1 aromatic heterocycles. The highest BCUT2D eigenvalue weighted by atomic mass is 16.4. The molecular formula is C13H17N3O3. The number of aryl methyl sites for hydroxylation is 1. The SMILES string of the molecule is Cc1ccncc1NC(=O)N1CCC(CC(=O)O)C1. The number of nitrogens with one attached hydrogen (secondary N) is 1. The average molecular weight is 263 g/mol. The Morgan fingerprint density at radius 2 is 2.37 bits per heavy atom. The molecule has 19 heavy (non-hydrogen) atoms. The quantitative estimate of drug-likeness (QED) is 0.869. The molecule has 1 aliphatic rings. The number of aromatic nitrogens is 1. The molecule has 2 N–H and O–H groups in total. The van der Waals surface area contributed by atoms with E-state index in [2.05, 4.69) is 10.3 Å². The largest absolute Gasteiger partial charge is 0.481 e. The zero-order chi connectivity index (χ0) is 13.8. The molecule has 0 radical (unpaired) electrons. The Kier molecular flexibility index (Phi) is 3.99. The smallest absolute Gasteiger partial charge is 0.321 e. The van der Waals surface area contributed by atoms with Crippen LogP contribution in [-0.4, -0.2) is 40.1 Å². The van der Waals surface area contributed by atoms with Crippen molar-refractivity contribution in [1.29, 1.82) is 0 Å². The van der Waals surface area contributed by atoms with E-state index < -0.39 is 5.97 Å². The zero-order valence-corrected chi connectivity index (χ0v) is 10.8. The predicted molar refractivity (Wildman–Crippen MR) is 69.9 cm³/mol. The van der Waals surface area contributed by atoms with Crippen molar-refractivity contribution in [2.75, 3.05) is 18.4 Å². The highest BCUT2D eigenvalue weighted by Gasteiger charge is 2.27. The summed E-state index contributed by atoms with van der Waals surface area (Å²) in [6.45, 7) is 3.00. The van der Waals surface area contributed by atoms with Crippen molar-refractivity contribution in [2.45, 2.75) is 19.8 Å². The van der Waals surface area contributed by atoms with Gasteiger partial charge in [0, 0.05) is 25.7 Å². The molecule has 0 bridgehead atoms. The highest BCUT2D eigenvalue weighted by molar-refractivity contribution is 5.90. The standard InChI is InChI=1S/C13H17N3O3/c1-9-2-4-14-7-11(9)15-13(19)16-5-3-10(8-16)6-12(17)18/h2,4,7,10H,3,5-6,8H2,1H3,(H,15,19)(H,17,18). The van der Waals surface area contributed by atoms with E-state index in [1.54, 1.807) is 17.3 Å². The molecule has 2 heterocycles. The number of carboxylic acid groups (broad SMARTS) is 1. The first kappa shape index (κ1) is 13.3. The number of carbonyl (C=O) groups excluding carboxylic acids is 1. The number of carbonyl (C=O) groups is 2. The van der Waals surface area contributed by atoms with Crippen LogP contribution in [0.1, 0.15) is 18.4 Å². The monoisotopic (exact) mass is 263 g/mol. The van der Waals surface area contributed by atoms with Gasteiger partial charge >= 0.3 is 12.0 Å². The number of aliphatic carboxylic acids is 1. The van der Waals surface area contributed by atoms with Gasteiger partial charge in [-0.05, 0) is 30.9 Å². The van der Waals surface area contributed by atoms with Gasteiger partial charge < -0.3 is 15.3 Å². The van der Waals surface area contributed by atoms with Gasteiger partial charge in [0.25, 0.3) is 0 Å². The molecule has 2 amide bonds. The van der Waals surface area contributed by atoms with Crippen LogP contribution in [0.5, 0.6) is 0 Å². The maximum atomic E-state index is 12.0. The van der Waals surface area contributed by atoms with Gasteiger partial charge in [-0.3, -0.25) is 9.78 Å². The summed E-state index contributed by atoms with van der Waals surface area (Å²) in [5.74, 6) is -0.756. The van der Waals surface area contributed by atoms with Gasteiger partial charge in [0.1, 0.15) is 0 Å². The summed E-state index contributed by atoms with van der Waals surface area (Å²) in [6, 6.07) is 1.64. The number of carboxylic acids is 1. The third-order valence-electron chi connectivity index (χ3n) is 3.32. The maximum absolute atomic E-state index is 12.0. The number of pyridine rings is 1. The third kappa shape index (κ3) is 3.43. The van der Waals surface area contributed by atoms with Crippen LogP contribution in [0, 0.1) is 12.8 Å². The van der Waals surface area contributed by atoms with Crippen molar-refractivity contribution in [3.63, 3.8) is 0 Å². The van der Waals surface area contributed by atoms with Crippen molar-refractivity contribution in [3.8, 4) is 0 Å². The van der Waals surface area contributed by atoms with E-state index >= 15 is 0 Å². The van der Waals surface area contributed by atoms with Crippen LogP contribution < -0.4 is 5.32 Å². The Labute approximate surface area is 111 Å². The van der Waals surface area contributed by atoms with E-state index in [1.807, 2.05) is 13.0 Å². The number of nitrogens with zero attached hydrogens (tertiary/aromatic N) is 2. The highest BCUT2D eigenvalue weighted by Crippen LogP contribution is 2.21. The van der Waals surface area contributed by atoms with Crippen LogP contribution in [0.25, 0.3) is 0 Å². The van der Waals surface area contributed by atoms with Gasteiger partial charge in [0.2, 0.25) is 0 Å². The molecule has 1 saturated heterocycles. The molecule has 0 aliphatic carbocycles. The molecule has 0 aromatic carbocycles. The zero-order valence-electron chi connectivity index (χ0n) is 10.8. The molecule has 1 aromatic rings. The van der Waals surface area contributed by atoms with Crippen molar-refractivity contribution in [3.05, 3.63) is 24.0 Å². The van der Waals surface area contributed by atoms with E-state index in [0.717, 1.165) is 12.0 Å². The minimum atomic E-state index is -0.810. The summed E-state index contributed by atoms with van der Waals surface area (Å²) < 4.78 is 0. The number of likely N-dealkylation sites (tertiary alicyclic amines) is 1. The lowest BCUT2D eigenvalue weighted by Gasteiger charge is -2.17. The van der Waals surface area contributed by atoms with E-state index in [9.17, 15) is 9.59 Å². The Morgan fingerprint density at radius 3 is 3.05 bits per heavy atom. The molecule has 1 atom stereocenters. The second-order valence-electron chi connectivity index (χ2n) is 4.82. The fourth-order valence-corrected chi connectivity index (χ4v) is 2.22. The Balaban J connectivity index is 1.91. The maximum Gasteiger partial charge on any atom is 0.321 e. The summed E-state index contributed by atoms with van der Waals surface area (Å²) in [6.07, 6.45) is 4.14. The molecule has 1 unspecified atom stereocenters. The molecule has 1 aliphatic heterocycles. The summed E-state index contributed by atoms with van der Waals surface area (Å²) >= 11 is 0. The molecular weight excluding hydrogens is 246 g/mol. The lowest BCUT2D eigenvalue weighted by molar-refractivity contribution is -0.138. The van der Waals surface area contributed by atoms with Gasteiger partial charge in [0.15, 0.2) is 0 Å². The van der Waals surface area contributed by atoms with Gasteiger partial charge in [0.05, 0.1) is 11.9 Å². The predicted octanol–water partition coefficient (Wildman–Crippen LogP) is 1.72. The van der Waals surface area contributed by atoms with Crippen molar-refractivity contribution in [2.24, 2.45) is 5.92 Å². The van der Waals surface area contributed by atoms with Crippen LogP contribution in [0.4, 0.5) is 10.5 Å². The van der Waals surface area contributed by atoms with Gasteiger partial charge in [-0.25, -0.2) is 4.79 Å². The second-order valence-corrected chi connectivity index (χ2v) is 4.82. The Morgan fingerprint density at radius 1 is 1.58 bits per heavy atom. The fourth-order valence-electron chi connectivity index (χ4n) is 2.22. The fraction of sp³-hybridized carbons (Fsp3) is 0.462. The van der Waals surface area contributed by atoms with Crippen LogP contribution >= 0.6 is 0 Å². The first-order valence-electron chi connectivity index (χ1n) is 6.24. The number of anilines is 1. The lowest BCUT2D eigenvalue weighted by atomic mass is 10.1. The number of amides is 2. The summed E-state index contributed by atoms with van der Waals surface area (Å²) in [5, 5.41) is 11.5. The third-order valence-corrected chi connectivity index (χ3v) is 3.32. The molecule has 0 spiro atoms. The Hall–Kier alpha value is -2.11. The summed E-state index contributed by atoms with van der Waals surface area (Å²) in [4.78, 5) is 28.3. The molecule has 102 valence electrons. The van der Waals surface area contributed by atoms with Gasteiger partial charge in [-0.15, -0.1) is 0 Å². The molecule has 0 saturated carbocycles. The number of urea groups is 1. The molecule has 6 heteroatoms. The van der Waals surface area contributed by atoms with Crippen LogP contribution in [-0.2, 0) is 4.79 Å². The molecule has 6 nitrogen and oxygen atoms in total. The lowest BCUT2D eigenvalue weighted by Crippen LogP contribution is -2.33. The van der Waals surface area contributed by atoms with Crippen LogP contribution in [0.2, 0.25) is 0 Å². The summed E-state index contributed by atoms with van der Waals surface area (Å²) in [7, 11) is 0. The van der Waals surface area contributed by atoms with Crippen LogP contribution in [0.3, 0.4) is 0 Å². The minimum Gasteiger partial charge on any atom is -0.481 e. The topological polar surface area (TPSA) is 82.5 Å². The number of rotatable bonds is 3. The first-order chi connectivity index (χ1) is 9.06. The van der Waals surface area contributed by atoms with Gasteiger partial charge in [-0.2, -0.15) is 0 Å². The number of hydrogen-bond donors (Lipinski definition) is 2. The number of hydrogen-bond acceptors (Lipinski definition) is 3. The molecule has 2 rings (SSSR count). The second kappa shape index (κ2) is 5.69. The first-order valence-corrected chi connectivity index (χ1v) is 6.24.